The number of hydrogen-bond donors (Lipinski definition) is 1. The van der Waals surface area contributed by atoms with Crippen LogP contribution in [0.1, 0.15) is 39.2 Å². The first-order valence-corrected chi connectivity index (χ1v) is 8.89. The molecule has 23 heavy (non-hydrogen) atoms. The Hall–Kier alpha value is -1.36. The Kier molecular flexibility index (Phi) is 5.84. The molecule has 0 saturated carbocycles. The van der Waals surface area contributed by atoms with Crippen molar-refractivity contribution in [1.82, 2.24) is 10.2 Å². The van der Waals surface area contributed by atoms with Crippen LogP contribution in [-0.2, 0) is 16.0 Å². The van der Waals surface area contributed by atoms with Crippen LogP contribution in [0.3, 0.4) is 0 Å². The second-order valence-electron chi connectivity index (χ2n) is 7.16. The monoisotopic (exact) mass is 380 g/mol. The summed E-state index contributed by atoms with van der Waals surface area (Å²) < 4.78 is 0.966. The predicted molar refractivity (Wildman–Crippen MR) is 95.0 cm³/mol. The summed E-state index contributed by atoms with van der Waals surface area (Å²) in [5.74, 6) is 0.253. The number of piperidine rings is 1. The number of likely N-dealkylation sites (tertiary alicyclic amines) is 1. The van der Waals surface area contributed by atoms with E-state index in [2.05, 4.69) is 21.2 Å². The van der Waals surface area contributed by atoms with Gasteiger partial charge in [0.1, 0.15) is 0 Å². The zero-order valence-electron chi connectivity index (χ0n) is 14.1. The van der Waals surface area contributed by atoms with E-state index in [1.54, 1.807) is 0 Å². The van der Waals surface area contributed by atoms with Gasteiger partial charge in [0.25, 0.3) is 0 Å². The normalized spacial score (nSPS) is 16.3. The molecule has 1 aromatic rings. The summed E-state index contributed by atoms with van der Waals surface area (Å²) in [6.07, 6.45) is 1.88. The van der Waals surface area contributed by atoms with Crippen molar-refractivity contribution in [3.8, 4) is 0 Å². The SMILES string of the molecule is CC(C)(C)NC(=O)C1CCN(C(=O)Cc2ccccc2Br)CC1. The van der Waals surface area contributed by atoms with E-state index in [4.69, 9.17) is 0 Å². The molecule has 1 fully saturated rings. The summed E-state index contributed by atoms with van der Waals surface area (Å²) >= 11 is 3.48. The molecule has 1 heterocycles. The van der Waals surface area contributed by atoms with Crippen LogP contribution in [0.15, 0.2) is 28.7 Å². The molecule has 0 bridgehead atoms. The Labute approximate surface area is 146 Å². The molecule has 0 aliphatic carbocycles. The molecule has 0 unspecified atom stereocenters. The van der Waals surface area contributed by atoms with Gasteiger partial charge in [-0.25, -0.2) is 0 Å². The maximum atomic E-state index is 12.4. The molecule has 2 amide bonds. The smallest absolute Gasteiger partial charge is 0.227 e. The van der Waals surface area contributed by atoms with Gasteiger partial charge in [-0.05, 0) is 45.2 Å². The highest BCUT2D eigenvalue weighted by Gasteiger charge is 2.29. The molecule has 1 aromatic carbocycles. The van der Waals surface area contributed by atoms with Gasteiger partial charge < -0.3 is 10.2 Å². The average Bonchev–Trinajstić information content (AvgIpc) is 2.48. The van der Waals surface area contributed by atoms with E-state index in [-0.39, 0.29) is 23.3 Å². The van der Waals surface area contributed by atoms with Crippen molar-refractivity contribution in [2.24, 2.45) is 5.92 Å². The third-order valence-corrected chi connectivity index (χ3v) is 4.79. The minimum Gasteiger partial charge on any atom is -0.351 e. The maximum Gasteiger partial charge on any atom is 0.227 e. The maximum absolute atomic E-state index is 12.4. The Morgan fingerprint density at radius 3 is 2.39 bits per heavy atom. The second kappa shape index (κ2) is 7.47. The van der Waals surface area contributed by atoms with Crippen LogP contribution in [0.25, 0.3) is 0 Å². The number of nitrogens with zero attached hydrogens (tertiary/aromatic N) is 1. The molecule has 126 valence electrons. The molecule has 2 rings (SSSR count). The summed E-state index contributed by atoms with van der Waals surface area (Å²) in [4.78, 5) is 26.5. The molecule has 5 heteroatoms. The van der Waals surface area contributed by atoms with Gasteiger partial charge in [0.15, 0.2) is 0 Å². The van der Waals surface area contributed by atoms with Crippen molar-refractivity contribution in [3.63, 3.8) is 0 Å². The number of benzene rings is 1. The van der Waals surface area contributed by atoms with Crippen molar-refractivity contribution in [2.75, 3.05) is 13.1 Å². The van der Waals surface area contributed by atoms with E-state index >= 15 is 0 Å². The number of halogens is 1. The van der Waals surface area contributed by atoms with Gasteiger partial charge in [-0.3, -0.25) is 9.59 Å². The van der Waals surface area contributed by atoms with Crippen molar-refractivity contribution in [2.45, 2.75) is 45.6 Å². The minimum absolute atomic E-state index is 0.0155. The molecule has 0 radical (unpaired) electrons. The number of hydrogen-bond acceptors (Lipinski definition) is 2. The lowest BCUT2D eigenvalue weighted by Crippen LogP contribution is -2.48. The van der Waals surface area contributed by atoms with Crippen LogP contribution in [-0.4, -0.2) is 35.3 Å². The van der Waals surface area contributed by atoms with Gasteiger partial charge in [-0.15, -0.1) is 0 Å². The molecular formula is C18H25BrN2O2. The van der Waals surface area contributed by atoms with Crippen molar-refractivity contribution in [3.05, 3.63) is 34.3 Å². The minimum atomic E-state index is -0.205. The molecule has 0 aromatic heterocycles. The fourth-order valence-electron chi connectivity index (χ4n) is 2.78. The first-order valence-electron chi connectivity index (χ1n) is 8.09. The van der Waals surface area contributed by atoms with E-state index < -0.39 is 0 Å². The number of carbonyl (C=O) groups is 2. The van der Waals surface area contributed by atoms with Crippen molar-refractivity contribution < 1.29 is 9.59 Å². The standard InChI is InChI=1S/C18H25BrN2O2/c1-18(2,3)20-17(23)13-8-10-21(11-9-13)16(22)12-14-6-4-5-7-15(14)19/h4-7,13H,8-12H2,1-3H3,(H,20,23). The van der Waals surface area contributed by atoms with E-state index in [1.165, 1.54) is 0 Å². The van der Waals surface area contributed by atoms with Crippen LogP contribution < -0.4 is 5.32 Å². The number of carbonyl (C=O) groups excluding carboxylic acids is 2. The van der Waals surface area contributed by atoms with Gasteiger partial charge in [-0.2, -0.15) is 0 Å². The third kappa shape index (κ3) is 5.34. The second-order valence-corrected chi connectivity index (χ2v) is 8.02. The van der Waals surface area contributed by atoms with E-state index in [1.807, 2.05) is 49.9 Å². The Morgan fingerprint density at radius 2 is 1.83 bits per heavy atom. The summed E-state index contributed by atoms with van der Waals surface area (Å²) in [6.45, 7) is 7.28. The number of amides is 2. The summed E-state index contributed by atoms with van der Waals surface area (Å²) in [5.41, 5.74) is 0.800. The highest BCUT2D eigenvalue weighted by Crippen LogP contribution is 2.21. The summed E-state index contributed by atoms with van der Waals surface area (Å²) in [7, 11) is 0. The third-order valence-electron chi connectivity index (χ3n) is 4.02. The topological polar surface area (TPSA) is 49.4 Å². The van der Waals surface area contributed by atoms with Gasteiger partial charge in [0.2, 0.25) is 11.8 Å². The highest BCUT2D eigenvalue weighted by molar-refractivity contribution is 9.10. The summed E-state index contributed by atoms with van der Waals surface area (Å²) in [6, 6.07) is 7.80. The molecule has 0 atom stereocenters. The van der Waals surface area contributed by atoms with Gasteiger partial charge >= 0.3 is 0 Å². The van der Waals surface area contributed by atoms with Crippen LogP contribution in [0, 0.1) is 5.92 Å². The zero-order chi connectivity index (χ0) is 17.0. The lowest BCUT2D eigenvalue weighted by molar-refractivity contribution is -0.135. The van der Waals surface area contributed by atoms with Gasteiger partial charge in [0, 0.05) is 29.0 Å². The quantitative estimate of drug-likeness (QED) is 0.875. The fourth-order valence-corrected chi connectivity index (χ4v) is 3.20. The number of rotatable bonds is 3. The molecule has 1 N–H and O–H groups in total. The van der Waals surface area contributed by atoms with Crippen molar-refractivity contribution >= 4 is 27.7 Å². The van der Waals surface area contributed by atoms with Crippen LogP contribution in [0.5, 0.6) is 0 Å². The largest absolute Gasteiger partial charge is 0.351 e. The highest BCUT2D eigenvalue weighted by atomic mass is 79.9. The molecule has 1 saturated heterocycles. The molecule has 1 aliphatic heterocycles. The lowest BCUT2D eigenvalue weighted by atomic mass is 9.94. The Balaban J connectivity index is 1.85. The van der Waals surface area contributed by atoms with E-state index in [9.17, 15) is 9.59 Å². The Bertz CT molecular complexity index is 573. The summed E-state index contributed by atoms with van der Waals surface area (Å²) in [5, 5.41) is 3.03. The average molecular weight is 381 g/mol. The van der Waals surface area contributed by atoms with Crippen LogP contribution in [0.4, 0.5) is 0 Å². The molecule has 1 aliphatic rings. The van der Waals surface area contributed by atoms with Crippen LogP contribution >= 0.6 is 15.9 Å². The predicted octanol–water partition coefficient (Wildman–Crippen LogP) is 3.14. The van der Waals surface area contributed by atoms with Gasteiger partial charge in [-0.1, -0.05) is 34.1 Å². The van der Waals surface area contributed by atoms with Crippen molar-refractivity contribution in [1.29, 1.82) is 0 Å². The first kappa shape index (κ1) is 18.0. The zero-order valence-corrected chi connectivity index (χ0v) is 15.6. The molecule has 4 nitrogen and oxygen atoms in total. The lowest BCUT2D eigenvalue weighted by Gasteiger charge is -2.33. The van der Waals surface area contributed by atoms with E-state index in [0.29, 0.717) is 19.5 Å². The number of nitrogens with one attached hydrogen (secondary N) is 1. The van der Waals surface area contributed by atoms with Gasteiger partial charge in [0.05, 0.1) is 6.42 Å². The van der Waals surface area contributed by atoms with Crippen LogP contribution in [0.2, 0.25) is 0 Å². The first-order chi connectivity index (χ1) is 10.8. The molecular weight excluding hydrogens is 356 g/mol. The van der Waals surface area contributed by atoms with E-state index in [0.717, 1.165) is 22.9 Å². The molecule has 0 spiro atoms. The Morgan fingerprint density at radius 1 is 1.22 bits per heavy atom. The fraction of sp³-hybridized carbons (Fsp3) is 0.556.